The molecule has 1 saturated carbocycles. The largest absolute Gasteiger partial charge is 0.354 e. The Balaban J connectivity index is 1.82. The second kappa shape index (κ2) is 8.68. The summed E-state index contributed by atoms with van der Waals surface area (Å²) in [7, 11) is 0. The van der Waals surface area contributed by atoms with Crippen LogP contribution in [-0.4, -0.2) is 18.5 Å². The van der Waals surface area contributed by atoms with Crippen molar-refractivity contribution in [3.63, 3.8) is 0 Å². The van der Waals surface area contributed by atoms with E-state index in [2.05, 4.69) is 44.3 Å². The van der Waals surface area contributed by atoms with Crippen LogP contribution in [0.4, 0.5) is 0 Å². The van der Waals surface area contributed by atoms with Gasteiger partial charge in [0.05, 0.1) is 0 Å². The van der Waals surface area contributed by atoms with Crippen LogP contribution >= 0.6 is 0 Å². The Labute approximate surface area is 141 Å². The molecule has 0 aromatic heterocycles. The third-order valence-electron chi connectivity index (χ3n) is 5.47. The molecule has 0 bridgehead atoms. The third kappa shape index (κ3) is 5.49. The standard InChI is InChI=1S/C20H34N2O/c1-14(2)18-10-9-15(3)11-19(18)20(23)22-13-17(21)12-16-7-5-4-6-8-16/h5,7-8,14-15,17-19H,4,6,9-13,21H2,1-3H3,(H,22,23)/t15?,17?,18-,19?/m0/s1. The molecule has 1 fully saturated rings. The van der Waals surface area contributed by atoms with Gasteiger partial charge in [-0.15, -0.1) is 0 Å². The van der Waals surface area contributed by atoms with E-state index in [1.54, 1.807) is 0 Å². The lowest BCUT2D eigenvalue weighted by atomic mass is 9.70. The van der Waals surface area contributed by atoms with E-state index < -0.39 is 0 Å². The molecule has 130 valence electrons. The number of amides is 1. The maximum absolute atomic E-state index is 12.7. The van der Waals surface area contributed by atoms with Crippen molar-refractivity contribution in [3.05, 3.63) is 23.8 Å². The summed E-state index contributed by atoms with van der Waals surface area (Å²) >= 11 is 0. The van der Waals surface area contributed by atoms with Gasteiger partial charge < -0.3 is 11.1 Å². The highest BCUT2D eigenvalue weighted by Gasteiger charge is 2.35. The fraction of sp³-hybridized carbons (Fsp3) is 0.750. The lowest BCUT2D eigenvalue weighted by Gasteiger charge is -2.36. The summed E-state index contributed by atoms with van der Waals surface area (Å²) in [6.45, 7) is 7.34. The van der Waals surface area contributed by atoms with Gasteiger partial charge in [-0.25, -0.2) is 0 Å². The first-order valence-corrected chi connectivity index (χ1v) is 9.36. The highest BCUT2D eigenvalue weighted by Crippen LogP contribution is 2.38. The predicted molar refractivity (Wildman–Crippen MR) is 96.9 cm³/mol. The summed E-state index contributed by atoms with van der Waals surface area (Å²) in [6, 6.07) is 0.00599. The number of carbonyl (C=O) groups excluding carboxylic acids is 1. The first-order valence-electron chi connectivity index (χ1n) is 9.36. The molecule has 3 N–H and O–H groups in total. The summed E-state index contributed by atoms with van der Waals surface area (Å²) in [4.78, 5) is 12.7. The molecule has 2 rings (SSSR count). The summed E-state index contributed by atoms with van der Waals surface area (Å²) in [5, 5.41) is 3.13. The molecule has 3 nitrogen and oxygen atoms in total. The molecule has 0 aliphatic heterocycles. The SMILES string of the molecule is CC1CC[C@@H](C(C)C)C(C(=O)NCC(N)CC2=CCCC=C2)C1. The van der Waals surface area contributed by atoms with Crippen LogP contribution in [0, 0.1) is 23.7 Å². The fourth-order valence-corrected chi connectivity index (χ4v) is 4.06. The van der Waals surface area contributed by atoms with Gasteiger partial charge in [0, 0.05) is 18.5 Å². The molecule has 4 atom stereocenters. The molecule has 0 radical (unpaired) electrons. The Kier molecular flexibility index (Phi) is 6.88. The summed E-state index contributed by atoms with van der Waals surface area (Å²) < 4.78 is 0. The van der Waals surface area contributed by atoms with Crippen molar-refractivity contribution in [2.24, 2.45) is 29.4 Å². The molecule has 0 saturated heterocycles. The number of hydrogen-bond acceptors (Lipinski definition) is 2. The number of allylic oxidation sites excluding steroid dienone is 3. The highest BCUT2D eigenvalue weighted by atomic mass is 16.1. The van der Waals surface area contributed by atoms with E-state index in [4.69, 9.17) is 5.73 Å². The van der Waals surface area contributed by atoms with E-state index >= 15 is 0 Å². The number of rotatable bonds is 6. The fourth-order valence-electron chi connectivity index (χ4n) is 4.06. The van der Waals surface area contributed by atoms with E-state index in [0.717, 1.165) is 25.7 Å². The van der Waals surface area contributed by atoms with Crippen LogP contribution in [0.2, 0.25) is 0 Å². The van der Waals surface area contributed by atoms with Gasteiger partial charge in [0.1, 0.15) is 0 Å². The van der Waals surface area contributed by atoms with E-state index in [0.29, 0.717) is 24.3 Å². The number of hydrogen-bond donors (Lipinski definition) is 2. The molecule has 0 heterocycles. The molecule has 2 aliphatic carbocycles. The van der Waals surface area contributed by atoms with Gasteiger partial charge in [0.2, 0.25) is 5.91 Å². The summed E-state index contributed by atoms with van der Waals surface area (Å²) in [5.41, 5.74) is 7.52. The van der Waals surface area contributed by atoms with Crippen molar-refractivity contribution in [1.29, 1.82) is 0 Å². The van der Waals surface area contributed by atoms with Crippen LogP contribution in [0.5, 0.6) is 0 Å². The zero-order valence-electron chi connectivity index (χ0n) is 15.1. The van der Waals surface area contributed by atoms with E-state index in [9.17, 15) is 4.79 Å². The summed E-state index contributed by atoms with van der Waals surface area (Å²) in [5.74, 6) is 2.14. The Morgan fingerprint density at radius 1 is 1.35 bits per heavy atom. The van der Waals surface area contributed by atoms with Gasteiger partial charge in [-0.05, 0) is 49.9 Å². The van der Waals surface area contributed by atoms with Crippen LogP contribution in [0.15, 0.2) is 23.8 Å². The number of nitrogens with one attached hydrogen (secondary N) is 1. The van der Waals surface area contributed by atoms with E-state index in [-0.39, 0.29) is 17.9 Å². The maximum atomic E-state index is 12.7. The van der Waals surface area contributed by atoms with Crippen molar-refractivity contribution >= 4 is 5.91 Å². The summed E-state index contributed by atoms with van der Waals surface area (Å²) in [6.07, 6.45) is 13.2. The number of nitrogens with two attached hydrogens (primary N) is 1. The Morgan fingerprint density at radius 3 is 2.78 bits per heavy atom. The monoisotopic (exact) mass is 318 g/mol. The second-order valence-corrected chi connectivity index (χ2v) is 7.90. The minimum Gasteiger partial charge on any atom is -0.354 e. The van der Waals surface area contributed by atoms with Crippen LogP contribution < -0.4 is 11.1 Å². The van der Waals surface area contributed by atoms with Gasteiger partial charge in [0.25, 0.3) is 0 Å². The van der Waals surface area contributed by atoms with Gasteiger partial charge in [-0.3, -0.25) is 4.79 Å². The van der Waals surface area contributed by atoms with Crippen LogP contribution in [-0.2, 0) is 4.79 Å². The highest BCUT2D eigenvalue weighted by molar-refractivity contribution is 5.79. The number of carbonyl (C=O) groups is 1. The van der Waals surface area contributed by atoms with Gasteiger partial charge in [0.15, 0.2) is 0 Å². The average molecular weight is 319 g/mol. The molecular weight excluding hydrogens is 284 g/mol. The van der Waals surface area contributed by atoms with Crippen LogP contribution in [0.1, 0.15) is 59.3 Å². The zero-order valence-corrected chi connectivity index (χ0v) is 15.1. The third-order valence-corrected chi connectivity index (χ3v) is 5.47. The molecule has 23 heavy (non-hydrogen) atoms. The topological polar surface area (TPSA) is 55.1 Å². The Morgan fingerprint density at radius 2 is 2.13 bits per heavy atom. The normalized spacial score (nSPS) is 29.3. The molecule has 0 aromatic rings. The minimum atomic E-state index is 0.00599. The molecule has 3 heteroatoms. The van der Waals surface area contributed by atoms with Crippen molar-refractivity contribution in [1.82, 2.24) is 5.32 Å². The first-order chi connectivity index (χ1) is 11.0. The van der Waals surface area contributed by atoms with Gasteiger partial charge in [-0.2, -0.15) is 0 Å². The predicted octanol–water partition coefficient (Wildman–Crippen LogP) is 3.80. The molecule has 1 amide bonds. The van der Waals surface area contributed by atoms with Crippen LogP contribution in [0.25, 0.3) is 0 Å². The lowest BCUT2D eigenvalue weighted by Crippen LogP contribution is -2.44. The Hall–Kier alpha value is -1.09. The van der Waals surface area contributed by atoms with Crippen molar-refractivity contribution < 1.29 is 4.79 Å². The van der Waals surface area contributed by atoms with Crippen molar-refractivity contribution in [2.45, 2.75) is 65.3 Å². The quantitative estimate of drug-likeness (QED) is 0.782. The maximum Gasteiger partial charge on any atom is 0.223 e. The lowest BCUT2D eigenvalue weighted by molar-refractivity contribution is -0.129. The Bertz CT molecular complexity index is 453. The molecule has 3 unspecified atom stereocenters. The second-order valence-electron chi connectivity index (χ2n) is 7.90. The van der Waals surface area contributed by atoms with E-state index in [1.165, 1.54) is 18.4 Å². The van der Waals surface area contributed by atoms with Crippen molar-refractivity contribution in [3.8, 4) is 0 Å². The minimum absolute atomic E-state index is 0.00599. The van der Waals surface area contributed by atoms with E-state index in [1.807, 2.05) is 0 Å². The smallest absolute Gasteiger partial charge is 0.223 e. The first kappa shape index (κ1) is 18.3. The molecule has 2 aliphatic rings. The van der Waals surface area contributed by atoms with Gasteiger partial charge in [-0.1, -0.05) is 51.0 Å². The molecule has 0 spiro atoms. The van der Waals surface area contributed by atoms with Gasteiger partial charge >= 0.3 is 0 Å². The molecular formula is C20H34N2O. The van der Waals surface area contributed by atoms with Crippen LogP contribution in [0.3, 0.4) is 0 Å². The van der Waals surface area contributed by atoms with Crippen molar-refractivity contribution in [2.75, 3.05) is 6.54 Å². The molecule has 0 aromatic carbocycles. The average Bonchev–Trinajstić information content (AvgIpc) is 2.53. The zero-order chi connectivity index (χ0) is 16.8.